The molecule has 1 amide bonds. The van der Waals surface area contributed by atoms with Crippen LogP contribution >= 0.6 is 0 Å². The van der Waals surface area contributed by atoms with Crippen molar-refractivity contribution >= 4 is 11.9 Å². The summed E-state index contributed by atoms with van der Waals surface area (Å²) in [6.45, 7) is 12.9. The molecule has 2 N–H and O–H groups in total. The molecule has 0 saturated heterocycles. The van der Waals surface area contributed by atoms with Crippen LogP contribution in [0.5, 0.6) is 0 Å². The van der Waals surface area contributed by atoms with E-state index in [0.717, 1.165) is 0 Å². The number of carbonyl (C=O) groups is 2. The molecule has 0 spiro atoms. The van der Waals surface area contributed by atoms with Gasteiger partial charge in [0, 0.05) is 11.0 Å². The third kappa shape index (κ3) is 4.03. The predicted molar refractivity (Wildman–Crippen MR) is 78.3 cm³/mol. The smallest absolute Gasteiger partial charge is 0.358 e. The zero-order valence-corrected chi connectivity index (χ0v) is 13.7. The lowest BCUT2D eigenvalue weighted by Crippen LogP contribution is -2.44. The molecule has 0 aliphatic carbocycles. The lowest BCUT2D eigenvalue weighted by molar-refractivity contribution is -0.125. The quantitative estimate of drug-likeness (QED) is 0.885. The van der Waals surface area contributed by atoms with E-state index >= 15 is 0 Å². The number of carboxylic acid groups (broad SMARTS) is 1. The number of nitrogens with zero attached hydrogens (tertiary/aromatic N) is 3. The zero-order chi connectivity index (χ0) is 16.6. The normalized spacial score (nSPS) is 13.9. The summed E-state index contributed by atoms with van der Waals surface area (Å²) >= 11 is 0. The fourth-order valence-electron chi connectivity index (χ4n) is 1.99. The predicted octanol–water partition coefficient (Wildman–Crippen LogP) is 1.75. The van der Waals surface area contributed by atoms with E-state index in [2.05, 4.69) is 15.6 Å². The van der Waals surface area contributed by atoms with Crippen LogP contribution in [0.25, 0.3) is 0 Å². The molecule has 0 radical (unpaired) electrons. The van der Waals surface area contributed by atoms with Gasteiger partial charge in [0.05, 0.1) is 5.69 Å². The molecule has 1 atom stereocenters. The summed E-state index contributed by atoms with van der Waals surface area (Å²) in [5, 5.41) is 19.7. The number of carbonyl (C=O) groups excluding carboxylic acids is 1. The van der Waals surface area contributed by atoms with Crippen molar-refractivity contribution in [1.29, 1.82) is 0 Å². The average Bonchev–Trinajstić information content (AvgIpc) is 2.69. The molecule has 0 fully saturated rings. The molecule has 1 aromatic heterocycles. The molecular weight excluding hydrogens is 272 g/mol. The first kappa shape index (κ1) is 17.1. The van der Waals surface area contributed by atoms with E-state index in [-0.39, 0.29) is 17.1 Å². The number of rotatable bonds is 3. The van der Waals surface area contributed by atoms with E-state index in [1.54, 1.807) is 6.92 Å². The molecule has 7 nitrogen and oxygen atoms in total. The molecule has 21 heavy (non-hydrogen) atoms. The van der Waals surface area contributed by atoms with Gasteiger partial charge in [-0.05, 0) is 27.7 Å². The van der Waals surface area contributed by atoms with Crippen molar-refractivity contribution in [2.45, 2.75) is 65.5 Å². The molecule has 1 unspecified atom stereocenters. The third-order valence-electron chi connectivity index (χ3n) is 2.85. The highest BCUT2D eigenvalue weighted by molar-refractivity contribution is 5.87. The molecule has 1 rings (SSSR count). The van der Waals surface area contributed by atoms with E-state index in [9.17, 15) is 14.7 Å². The second kappa shape index (κ2) is 5.46. The first-order valence-electron chi connectivity index (χ1n) is 6.85. The minimum atomic E-state index is -1.14. The minimum Gasteiger partial charge on any atom is -0.476 e. The van der Waals surface area contributed by atoms with Gasteiger partial charge in [0.2, 0.25) is 5.91 Å². The van der Waals surface area contributed by atoms with Gasteiger partial charge in [-0.3, -0.25) is 4.79 Å². The largest absolute Gasteiger partial charge is 0.476 e. The molecule has 7 heteroatoms. The standard InChI is InChI=1S/C14H24N4O3/c1-8(11(19)15-14(5,6)7)18-10(13(2,3)4)9(12(20)21)16-17-18/h8H,1-7H3,(H,15,19)(H,20,21). The van der Waals surface area contributed by atoms with Gasteiger partial charge in [0.1, 0.15) is 6.04 Å². The van der Waals surface area contributed by atoms with Gasteiger partial charge >= 0.3 is 5.97 Å². The van der Waals surface area contributed by atoms with Gasteiger partial charge in [0.15, 0.2) is 5.69 Å². The Bertz CT molecular complexity index is 550. The highest BCUT2D eigenvalue weighted by Crippen LogP contribution is 2.27. The third-order valence-corrected chi connectivity index (χ3v) is 2.85. The highest BCUT2D eigenvalue weighted by Gasteiger charge is 2.33. The fourth-order valence-corrected chi connectivity index (χ4v) is 1.99. The second-order valence-electron chi connectivity index (χ2n) is 7.20. The van der Waals surface area contributed by atoms with E-state index in [0.29, 0.717) is 5.69 Å². The maximum Gasteiger partial charge on any atom is 0.358 e. The van der Waals surface area contributed by atoms with Crippen LogP contribution in [0.2, 0.25) is 0 Å². The van der Waals surface area contributed by atoms with Crippen LogP contribution in [-0.2, 0) is 10.2 Å². The van der Waals surface area contributed by atoms with Crippen molar-refractivity contribution < 1.29 is 14.7 Å². The van der Waals surface area contributed by atoms with E-state index < -0.39 is 17.4 Å². The van der Waals surface area contributed by atoms with Crippen LogP contribution in [0.3, 0.4) is 0 Å². The van der Waals surface area contributed by atoms with E-state index in [1.807, 2.05) is 41.5 Å². The molecule has 1 aromatic rings. The average molecular weight is 296 g/mol. The Morgan fingerprint density at radius 1 is 1.19 bits per heavy atom. The number of hydrogen-bond acceptors (Lipinski definition) is 4. The number of nitrogens with one attached hydrogen (secondary N) is 1. The highest BCUT2D eigenvalue weighted by atomic mass is 16.4. The molecular formula is C14H24N4O3. The summed E-state index contributed by atoms with van der Waals surface area (Å²) in [7, 11) is 0. The van der Waals surface area contributed by atoms with Crippen molar-refractivity contribution in [3.05, 3.63) is 11.4 Å². The number of aromatic carboxylic acids is 1. The van der Waals surface area contributed by atoms with Crippen molar-refractivity contribution in [1.82, 2.24) is 20.3 Å². The van der Waals surface area contributed by atoms with Gasteiger partial charge in [0.25, 0.3) is 0 Å². The van der Waals surface area contributed by atoms with Crippen LogP contribution in [0.15, 0.2) is 0 Å². The number of hydrogen-bond donors (Lipinski definition) is 2. The molecule has 0 aliphatic rings. The second-order valence-corrected chi connectivity index (χ2v) is 7.20. The Hall–Kier alpha value is -1.92. The van der Waals surface area contributed by atoms with E-state index in [4.69, 9.17) is 0 Å². The summed E-state index contributed by atoms with van der Waals surface area (Å²) in [4.78, 5) is 23.6. The van der Waals surface area contributed by atoms with Gasteiger partial charge in [-0.1, -0.05) is 26.0 Å². The molecule has 1 heterocycles. The topological polar surface area (TPSA) is 97.1 Å². The zero-order valence-electron chi connectivity index (χ0n) is 13.7. The lowest BCUT2D eigenvalue weighted by atomic mass is 9.90. The number of carboxylic acids is 1. The lowest BCUT2D eigenvalue weighted by Gasteiger charge is -2.26. The van der Waals surface area contributed by atoms with Crippen LogP contribution in [0.1, 0.15) is 70.7 Å². The molecule has 0 aliphatic heterocycles. The summed E-state index contributed by atoms with van der Waals surface area (Å²) in [5.41, 5.74) is -0.541. The van der Waals surface area contributed by atoms with Crippen molar-refractivity contribution in [3.8, 4) is 0 Å². The number of amides is 1. The maximum absolute atomic E-state index is 12.3. The van der Waals surface area contributed by atoms with Crippen LogP contribution in [0, 0.1) is 0 Å². The Kier molecular flexibility index (Phi) is 4.45. The molecule has 0 saturated carbocycles. The van der Waals surface area contributed by atoms with Gasteiger partial charge in [-0.25, -0.2) is 9.48 Å². The Labute approximate surface area is 124 Å². The van der Waals surface area contributed by atoms with Crippen molar-refractivity contribution in [3.63, 3.8) is 0 Å². The molecule has 0 aromatic carbocycles. The Morgan fingerprint density at radius 3 is 2.10 bits per heavy atom. The van der Waals surface area contributed by atoms with Gasteiger partial charge in [-0.2, -0.15) is 0 Å². The van der Waals surface area contributed by atoms with Crippen LogP contribution in [0.4, 0.5) is 0 Å². The first-order valence-corrected chi connectivity index (χ1v) is 6.85. The van der Waals surface area contributed by atoms with Crippen LogP contribution < -0.4 is 5.32 Å². The first-order chi connectivity index (χ1) is 9.34. The fraction of sp³-hybridized carbons (Fsp3) is 0.714. The Balaban J connectivity index is 3.25. The summed E-state index contributed by atoms with van der Waals surface area (Å²) in [6, 6.07) is -0.640. The van der Waals surface area contributed by atoms with Crippen LogP contribution in [-0.4, -0.2) is 37.5 Å². The molecule has 0 bridgehead atoms. The van der Waals surface area contributed by atoms with Gasteiger partial charge < -0.3 is 10.4 Å². The maximum atomic E-state index is 12.3. The Morgan fingerprint density at radius 2 is 1.71 bits per heavy atom. The SMILES string of the molecule is CC(C(=O)NC(C)(C)C)n1nnc(C(=O)O)c1C(C)(C)C. The van der Waals surface area contributed by atoms with E-state index in [1.165, 1.54) is 4.68 Å². The minimum absolute atomic E-state index is 0.113. The van der Waals surface area contributed by atoms with Crippen molar-refractivity contribution in [2.75, 3.05) is 0 Å². The van der Waals surface area contributed by atoms with Gasteiger partial charge in [-0.15, -0.1) is 5.10 Å². The summed E-state index contributed by atoms with van der Waals surface area (Å²) < 4.78 is 1.39. The summed E-state index contributed by atoms with van der Waals surface area (Å²) in [6.07, 6.45) is 0. The summed E-state index contributed by atoms with van der Waals surface area (Å²) in [5.74, 6) is -1.37. The molecule has 118 valence electrons. The van der Waals surface area contributed by atoms with Crippen molar-refractivity contribution in [2.24, 2.45) is 0 Å². The monoisotopic (exact) mass is 296 g/mol. The number of aromatic nitrogens is 3.